The molecule has 2 saturated carbocycles. The molecule has 2 aliphatic carbocycles. The molecule has 2 aromatic rings. The van der Waals surface area contributed by atoms with Crippen molar-refractivity contribution in [2.75, 3.05) is 11.9 Å². The average molecular weight is 344 g/mol. The van der Waals surface area contributed by atoms with Gasteiger partial charge in [0.15, 0.2) is 5.82 Å². The van der Waals surface area contributed by atoms with E-state index >= 15 is 0 Å². The molecule has 0 saturated heterocycles. The van der Waals surface area contributed by atoms with E-state index in [2.05, 4.69) is 20.8 Å². The number of nitrogens with two attached hydrogens (primary N) is 1. The summed E-state index contributed by atoms with van der Waals surface area (Å²) in [7, 11) is 0. The molecule has 1 amide bonds. The zero-order chi connectivity index (χ0) is 17.4. The van der Waals surface area contributed by atoms with Crippen LogP contribution in [0, 0.1) is 17.7 Å². The molecule has 2 aliphatic rings. The molecule has 0 unspecified atom stereocenters. The van der Waals surface area contributed by atoms with Crippen molar-refractivity contribution in [3.8, 4) is 5.69 Å². The Hall–Kier alpha value is -2.35. The summed E-state index contributed by atoms with van der Waals surface area (Å²) >= 11 is 0. The zero-order valence-corrected chi connectivity index (χ0v) is 13.9. The van der Waals surface area contributed by atoms with Gasteiger partial charge in [0.1, 0.15) is 11.5 Å². The fraction of sp³-hybridized carbons (Fsp3) is 0.529. The number of carbonyl (C=O) groups is 1. The number of nitrogens with zero attached hydrogens (tertiary/aromatic N) is 4. The summed E-state index contributed by atoms with van der Waals surface area (Å²) in [4.78, 5) is 12.5. The number of hydrogen-bond acceptors (Lipinski definition) is 5. The Bertz CT molecular complexity index is 787. The van der Waals surface area contributed by atoms with Crippen LogP contribution < -0.4 is 11.1 Å². The maximum Gasteiger partial charge on any atom is 0.227 e. The first-order valence-electron chi connectivity index (χ1n) is 8.76. The van der Waals surface area contributed by atoms with Crippen molar-refractivity contribution in [3.05, 3.63) is 29.8 Å². The van der Waals surface area contributed by atoms with Gasteiger partial charge in [-0.05, 0) is 66.8 Å². The lowest BCUT2D eigenvalue weighted by atomic mass is 9.95. The second-order valence-electron chi connectivity index (χ2n) is 6.91. The van der Waals surface area contributed by atoms with E-state index in [9.17, 15) is 9.18 Å². The van der Waals surface area contributed by atoms with Gasteiger partial charge in [0.25, 0.3) is 0 Å². The number of benzene rings is 1. The lowest BCUT2D eigenvalue weighted by molar-refractivity contribution is -0.120. The first kappa shape index (κ1) is 16.1. The second kappa shape index (κ2) is 6.51. The topological polar surface area (TPSA) is 98.7 Å². The van der Waals surface area contributed by atoms with Gasteiger partial charge in [-0.3, -0.25) is 4.79 Å². The molecule has 4 rings (SSSR count). The number of hydrogen-bond donors (Lipinski definition) is 2. The number of carbonyl (C=O) groups excluding carboxylic acids is 1. The molecule has 0 aliphatic heterocycles. The Morgan fingerprint density at radius 2 is 2.16 bits per heavy atom. The Morgan fingerprint density at radius 1 is 1.32 bits per heavy atom. The summed E-state index contributed by atoms with van der Waals surface area (Å²) in [6.07, 6.45) is 4.88. The predicted octanol–water partition coefficient (Wildman–Crippen LogP) is 1.99. The van der Waals surface area contributed by atoms with Crippen molar-refractivity contribution in [2.24, 2.45) is 17.6 Å². The predicted molar refractivity (Wildman–Crippen MR) is 89.6 cm³/mol. The van der Waals surface area contributed by atoms with Crippen LogP contribution in [0.15, 0.2) is 18.2 Å². The van der Waals surface area contributed by atoms with Crippen molar-refractivity contribution in [1.29, 1.82) is 0 Å². The number of nitrogens with one attached hydrogen (secondary N) is 1. The monoisotopic (exact) mass is 344 g/mol. The Morgan fingerprint density at radius 3 is 2.92 bits per heavy atom. The van der Waals surface area contributed by atoms with Crippen LogP contribution in [-0.4, -0.2) is 32.7 Å². The molecular formula is C17H21FN6O. The third-order valence-corrected chi connectivity index (χ3v) is 5.18. The molecule has 0 radical (unpaired) electrons. The summed E-state index contributed by atoms with van der Waals surface area (Å²) in [5, 5.41) is 14.5. The van der Waals surface area contributed by atoms with Crippen molar-refractivity contribution < 1.29 is 9.18 Å². The highest BCUT2D eigenvalue weighted by atomic mass is 19.1. The number of rotatable bonds is 5. The SMILES string of the molecule is NC[C@H]1CCC[C@H]1C(=O)Nc1ccc(F)c(-n2nnnc2C2CC2)c1. The molecule has 2 atom stereocenters. The highest BCUT2D eigenvalue weighted by Gasteiger charge is 2.33. The molecular weight excluding hydrogens is 323 g/mol. The lowest BCUT2D eigenvalue weighted by Gasteiger charge is -2.17. The smallest absolute Gasteiger partial charge is 0.227 e. The van der Waals surface area contributed by atoms with Crippen LogP contribution in [0.5, 0.6) is 0 Å². The minimum Gasteiger partial charge on any atom is -0.330 e. The maximum absolute atomic E-state index is 14.3. The largest absolute Gasteiger partial charge is 0.330 e. The molecule has 0 spiro atoms. The summed E-state index contributed by atoms with van der Waals surface area (Å²) in [6.45, 7) is 0.516. The molecule has 132 valence electrons. The first-order chi connectivity index (χ1) is 12.2. The Labute approximate surface area is 144 Å². The van der Waals surface area contributed by atoms with Crippen molar-refractivity contribution in [2.45, 2.75) is 38.0 Å². The van der Waals surface area contributed by atoms with Crippen molar-refractivity contribution in [1.82, 2.24) is 20.2 Å². The van der Waals surface area contributed by atoms with E-state index in [0.717, 1.165) is 32.1 Å². The van der Waals surface area contributed by atoms with Gasteiger partial charge in [-0.15, -0.1) is 5.10 Å². The van der Waals surface area contributed by atoms with Crippen LogP contribution in [0.2, 0.25) is 0 Å². The van der Waals surface area contributed by atoms with Gasteiger partial charge in [0, 0.05) is 17.5 Å². The van der Waals surface area contributed by atoms with Crippen LogP contribution in [0.3, 0.4) is 0 Å². The van der Waals surface area contributed by atoms with E-state index in [-0.39, 0.29) is 29.3 Å². The minimum atomic E-state index is -0.423. The molecule has 2 fully saturated rings. The standard InChI is InChI=1S/C17H21FN6O/c18-14-7-6-12(20-17(25)13-3-1-2-11(13)9-19)8-15(14)24-16(10-4-5-10)21-22-23-24/h6-8,10-11,13H,1-5,9,19H2,(H,20,25)/t11-,13-/m1/s1. The maximum atomic E-state index is 14.3. The van der Waals surface area contributed by atoms with E-state index in [1.54, 1.807) is 12.1 Å². The molecule has 8 heteroatoms. The molecule has 1 heterocycles. The third kappa shape index (κ3) is 3.13. The van der Waals surface area contributed by atoms with E-state index in [1.807, 2.05) is 0 Å². The molecule has 1 aromatic carbocycles. The molecule has 7 nitrogen and oxygen atoms in total. The number of halogens is 1. The lowest BCUT2D eigenvalue weighted by Crippen LogP contribution is -2.29. The van der Waals surface area contributed by atoms with E-state index < -0.39 is 5.82 Å². The third-order valence-electron chi connectivity index (χ3n) is 5.18. The zero-order valence-electron chi connectivity index (χ0n) is 13.9. The van der Waals surface area contributed by atoms with Crippen LogP contribution in [0.1, 0.15) is 43.8 Å². The average Bonchev–Trinajstić information content (AvgIpc) is 3.15. The van der Waals surface area contributed by atoms with Crippen LogP contribution >= 0.6 is 0 Å². The highest BCUT2D eigenvalue weighted by Crippen LogP contribution is 2.39. The van der Waals surface area contributed by atoms with Crippen LogP contribution in [0.25, 0.3) is 5.69 Å². The quantitative estimate of drug-likeness (QED) is 0.864. The van der Waals surface area contributed by atoms with Gasteiger partial charge in [-0.2, -0.15) is 4.68 Å². The summed E-state index contributed by atoms with van der Waals surface area (Å²) in [5.41, 5.74) is 6.56. The van der Waals surface area contributed by atoms with Crippen molar-refractivity contribution in [3.63, 3.8) is 0 Å². The van der Waals surface area contributed by atoms with Gasteiger partial charge in [-0.25, -0.2) is 4.39 Å². The fourth-order valence-electron chi connectivity index (χ4n) is 3.61. The normalized spacial score (nSPS) is 23.0. The van der Waals surface area contributed by atoms with E-state index in [0.29, 0.717) is 18.1 Å². The second-order valence-corrected chi connectivity index (χ2v) is 6.91. The molecule has 25 heavy (non-hydrogen) atoms. The molecule has 0 bridgehead atoms. The Kier molecular flexibility index (Phi) is 4.20. The van der Waals surface area contributed by atoms with Crippen LogP contribution in [0.4, 0.5) is 10.1 Å². The first-order valence-corrected chi connectivity index (χ1v) is 8.76. The minimum absolute atomic E-state index is 0.0513. The summed E-state index contributed by atoms with van der Waals surface area (Å²) in [6, 6.07) is 4.48. The number of anilines is 1. The van der Waals surface area contributed by atoms with Gasteiger partial charge >= 0.3 is 0 Å². The van der Waals surface area contributed by atoms with Gasteiger partial charge in [-0.1, -0.05) is 6.42 Å². The molecule has 1 aromatic heterocycles. The molecule has 3 N–H and O–H groups in total. The summed E-state index contributed by atoms with van der Waals surface area (Å²) < 4.78 is 15.7. The highest BCUT2D eigenvalue weighted by molar-refractivity contribution is 5.93. The van der Waals surface area contributed by atoms with Gasteiger partial charge in [0.2, 0.25) is 5.91 Å². The van der Waals surface area contributed by atoms with Crippen molar-refractivity contribution >= 4 is 11.6 Å². The Balaban J connectivity index is 1.57. The van der Waals surface area contributed by atoms with Gasteiger partial charge < -0.3 is 11.1 Å². The van der Waals surface area contributed by atoms with Gasteiger partial charge in [0.05, 0.1) is 0 Å². The van der Waals surface area contributed by atoms with Crippen LogP contribution in [-0.2, 0) is 4.79 Å². The van der Waals surface area contributed by atoms with E-state index in [4.69, 9.17) is 5.73 Å². The number of tetrazole rings is 1. The number of amides is 1. The summed E-state index contributed by atoms with van der Waals surface area (Å²) in [5.74, 6) is 0.629. The number of aromatic nitrogens is 4. The fourth-order valence-corrected chi connectivity index (χ4v) is 3.61. The van der Waals surface area contributed by atoms with E-state index in [1.165, 1.54) is 10.7 Å².